The fourth-order valence-corrected chi connectivity index (χ4v) is 2.53. The summed E-state index contributed by atoms with van der Waals surface area (Å²) in [6.07, 6.45) is 1.59. The second-order valence-electron chi connectivity index (χ2n) is 4.43. The molecule has 1 aliphatic rings. The minimum atomic E-state index is -0.0639. The first-order valence-electron chi connectivity index (χ1n) is 6.25. The minimum Gasteiger partial charge on any atom is -0.496 e. The van der Waals surface area contributed by atoms with Crippen molar-refractivity contribution in [1.29, 1.82) is 0 Å². The molecule has 0 aliphatic carbocycles. The van der Waals surface area contributed by atoms with Crippen molar-refractivity contribution >= 4 is 11.6 Å². The van der Waals surface area contributed by atoms with Gasteiger partial charge in [0.1, 0.15) is 5.75 Å². The van der Waals surface area contributed by atoms with E-state index in [-0.39, 0.29) is 11.5 Å². The van der Waals surface area contributed by atoms with E-state index in [1.807, 2.05) is 12.1 Å². The number of rotatable bonds is 4. The molecule has 1 heterocycles. The molecule has 1 saturated heterocycles. The highest BCUT2D eigenvalue weighted by Gasteiger charge is 2.26. The van der Waals surface area contributed by atoms with Gasteiger partial charge in [0.05, 0.1) is 27.4 Å². The summed E-state index contributed by atoms with van der Waals surface area (Å²) < 4.78 is 21.8. The number of alkyl halides is 1. The molecule has 1 aromatic carbocycles. The number of halogens is 1. The Bertz CT molecular complexity index is 436. The summed E-state index contributed by atoms with van der Waals surface area (Å²) >= 11 is 6.21. The monoisotopic (exact) mass is 286 g/mol. The average Bonchev–Trinajstić information content (AvgIpc) is 2.45. The van der Waals surface area contributed by atoms with Crippen LogP contribution in [-0.4, -0.2) is 33.3 Å². The van der Waals surface area contributed by atoms with Gasteiger partial charge in [0.2, 0.25) is 0 Å². The third-order valence-electron chi connectivity index (χ3n) is 3.30. The summed E-state index contributed by atoms with van der Waals surface area (Å²) in [6, 6.07) is 3.71. The van der Waals surface area contributed by atoms with Crippen LogP contribution in [-0.2, 0) is 4.74 Å². The quantitative estimate of drug-likeness (QED) is 0.797. The topological polar surface area (TPSA) is 36.9 Å². The first-order chi connectivity index (χ1) is 9.19. The van der Waals surface area contributed by atoms with Gasteiger partial charge in [-0.05, 0) is 18.9 Å². The van der Waals surface area contributed by atoms with Crippen LogP contribution in [0.1, 0.15) is 24.5 Å². The molecule has 0 spiro atoms. The highest BCUT2D eigenvalue weighted by atomic mass is 35.5. The largest absolute Gasteiger partial charge is 0.496 e. The smallest absolute Gasteiger partial charge is 0.164 e. The Morgan fingerprint density at radius 2 is 1.68 bits per heavy atom. The Hall–Kier alpha value is -1.13. The molecular weight excluding hydrogens is 268 g/mol. The van der Waals surface area contributed by atoms with E-state index in [9.17, 15) is 0 Å². The van der Waals surface area contributed by atoms with Gasteiger partial charge in [-0.15, -0.1) is 11.6 Å². The molecular formula is C14H19ClO4. The fraction of sp³-hybridized carbons (Fsp3) is 0.571. The number of hydrogen-bond acceptors (Lipinski definition) is 4. The van der Waals surface area contributed by atoms with Gasteiger partial charge in [0, 0.05) is 23.6 Å². The lowest BCUT2D eigenvalue weighted by atomic mass is 9.99. The lowest BCUT2D eigenvalue weighted by Crippen LogP contribution is -2.20. The molecule has 0 radical (unpaired) electrons. The maximum atomic E-state index is 6.21. The average molecular weight is 287 g/mol. The standard InChI is InChI=1S/C14H19ClO4/c1-16-11-8-14(18-3)13(17-2)7-10(11)12-6-9(15)4-5-19-12/h7-9,12H,4-6H2,1-3H3. The molecule has 0 aromatic heterocycles. The fourth-order valence-electron chi connectivity index (χ4n) is 2.28. The van der Waals surface area contributed by atoms with E-state index in [0.29, 0.717) is 18.1 Å². The van der Waals surface area contributed by atoms with Crippen LogP contribution in [0.15, 0.2) is 12.1 Å². The number of hydrogen-bond donors (Lipinski definition) is 0. The van der Waals surface area contributed by atoms with Crippen LogP contribution in [0.5, 0.6) is 17.2 Å². The van der Waals surface area contributed by atoms with E-state index < -0.39 is 0 Å². The second-order valence-corrected chi connectivity index (χ2v) is 5.05. The molecule has 19 heavy (non-hydrogen) atoms. The third kappa shape index (κ3) is 3.07. The second kappa shape index (κ2) is 6.35. The van der Waals surface area contributed by atoms with Crippen molar-refractivity contribution in [3.05, 3.63) is 17.7 Å². The number of methoxy groups -OCH3 is 3. The van der Waals surface area contributed by atoms with Crippen LogP contribution in [0.2, 0.25) is 0 Å². The minimum absolute atomic E-state index is 0.0639. The zero-order valence-electron chi connectivity index (χ0n) is 11.4. The first kappa shape index (κ1) is 14.3. The van der Waals surface area contributed by atoms with Gasteiger partial charge in [-0.1, -0.05) is 0 Å². The first-order valence-corrected chi connectivity index (χ1v) is 6.68. The van der Waals surface area contributed by atoms with Crippen LogP contribution in [0.4, 0.5) is 0 Å². The summed E-state index contributed by atoms with van der Waals surface area (Å²) in [5.74, 6) is 2.04. The predicted octanol–water partition coefficient (Wildman–Crippen LogP) is 3.17. The molecule has 4 nitrogen and oxygen atoms in total. The van der Waals surface area contributed by atoms with Gasteiger partial charge < -0.3 is 18.9 Å². The molecule has 2 atom stereocenters. The normalized spacial score (nSPS) is 22.9. The van der Waals surface area contributed by atoms with Crippen molar-refractivity contribution in [1.82, 2.24) is 0 Å². The molecule has 0 bridgehead atoms. The van der Waals surface area contributed by atoms with E-state index >= 15 is 0 Å². The van der Waals surface area contributed by atoms with Gasteiger partial charge >= 0.3 is 0 Å². The zero-order chi connectivity index (χ0) is 13.8. The van der Waals surface area contributed by atoms with E-state index in [0.717, 1.165) is 24.2 Å². The predicted molar refractivity (Wildman–Crippen MR) is 73.7 cm³/mol. The molecule has 5 heteroatoms. The molecule has 2 rings (SSSR count). The number of ether oxygens (including phenoxy) is 4. The van der Waals surface area contributed by atoms with Crippen LogP contribution >= 0.6 is 11.6 Å². The van der Waals surface area contributed by atoms with Gasteiger partial charge in [-0.2, -0.15) is 0 Å². The van der Waals surface area contributed by atoms with E-state index in [1.165, 1.54) is 0 Å². The van der Waals surface area contributed by atoms with Crippen molar-refractivity contribution in [2.24, 2.45) is 0 Å². The Morgan fingerprint density at radius 1 is 1.05 bits per heavy atom. The van der Waals surface area contributed by atoms with Crippen LogP contribution in [0.25, 0.3) is 0 Å². The summed E-state index contributed by atoms with van der Waals surface area (Å²) in [6.45, 7) is 0.663. The molecule has 0 amide bonds. The van der Waals surface area contributed by atoms with Crippen molar-refractivity contribution in [2.45, 2.75) is 24.3 Å². The van der Waals surface area contributed by atoms with Crippen LogP contribution < -0.4 is 14.2 Å². The molecule has 2 unspecified atom stereocenters. The molecule has 1 aliphatic heterocycles. The maximum Gasteiger partial charge on any atom is 0.164 e. The summed E-state index contributed by atoms with van der Waals surface area (Å²) in [7, 11) is 4.84. The molecule has 0 N–H and O–H groups in total. The summed E-state index contributed by atoms with van der Waals surface area (Å²) in [4.78, 5) is 0. The van der Waals surface area contributed by atoms with E-state index in [4.69, 9.17) is 30.5 Å². The Kier molecular flexibility index (Phi) is 4.77. The van der Waals surface area contributed by atoms with Gasteiger partial charge in [0.25, 0.3) is 0 Å². The summed E-state index contributed by atoms with van der Waals surface area (Å²) in [5.41, 5.74) is 0.950. The highest BCUT2D eigenvalue weighted by molar-refractivity contribution is 6.20. The highest BCUT2D eigenvalue weighted by Crippen LogP contribution is 2.41. The molecule has 106 valence electrons. The Labute approximate surface area is 118 Å². The molecule has 1 aromatic rings. The summed E-state index contributed by atoms with van der Waals surface area (Å²) in [5, 5.41) is 0.136. The van der Waals surface area contributed by atoms with Crippen LogP contribution in [0.3, 0.4) is 0 Å². The lowest BCUT2D eigenvalue weighted by Gasteiger charge is -2.28. The Balaban J connectivity index is 2.37. The van der Waals surface area contributed by atoms with Crippen molar-refractivity contribution < 1.29 is 18.9 Å². The third-order valence-corrected chi connectivity index (χ3v) is 3.70. The SMILES string of the molecule is COc1cc(OC)c(C2CC(Cl)CCO2)cc1OC. The van der Waals surface area contributed by atoms with E-state index in [1.54, 1.807) is 21.3 Å². The van der Waals surface area contributed by atoms with Crippen molar-refractivity contribution in [2.75, 3.05) is 27.9 Å². The van der Waals surface area contributed by atoms with Gasteiger partial charge in [-0.3, -0.25) is 0 Å². The van der Waals surface area contributed by atoms with Gasteiger partial charge in [0.15, 0.2) is 11.5 Å². The van der Waals surface area contributed by atoms with E-state index in [2.05, 4.69) is 0 Å². The lowest BCUT2D eigenvalue weighted by molar-refractivity contribution is 0.0153. The number of benzene rings is 1. The zero-order valence-corrected chi connectivity index (χ0v) is 12.2. The van der Waals surface area contributed by atoms with Crippen molar-refractivity contribution in [3.8, 4) is 17.2 Å². The maximum absolute atomic E-state index is 6.21. The van der Waals surface area contributed by atoms with Crippen LogP contribution in [0, 0.1) is 0 Å². The Morgan fingerprint density at radius 3 is 2.26 bits per heavy atom. The van der Waals surface area contributed by atoms with Crippen molar-refractivity contribution in [3.63, 3.8) is 0 Å². The molecule has 1 fully saturated rings. The molecule has 0 saturated carbocycles. The van der Waals surface area contributed by atoms with Gasteiger partial charge in [-0.25, -0.2) is 0 Å².